The smallest absolute Gasteiger partial charge is 0.411 e. The van der Waals surface area contributed by atoms with Crippen LogP contribution < -0.4 is 10.6 Å². The molecular formula is C13H17ClN2O2. The van der Waals surface area contributed by atoms with Crippen LogP contribution in [-0.2, 0) is 4.74 Å². The zero-order valence-corrected chi connectivity index (χ0v) is 10.9. The molecule has 1 aliphatic rings. The summed E-state index contributed by atoms with van der Waals surface area (Å²) < 4.78 is 5.17. The van der Waals surface area contributed by atoms with Crippen LogP contribution in [0.2, 0.25) is 5.02 Å². The van der Waals surface area contributed by atoms with E-state index in [1.165, 1.54) is 12.8 Å². The minimum Gasteiger partial charge on any atom is -0.448 e. The molecule has 0 saturated carbocycles. The van der Waals surface area contributed by atoms with E-state index in [9.17, 15) is 4.79 Å². The predicted molar refractivity (Wildman–Crippen MR) is 72.1 cm³/mol. The van der Waals surface area contributed by atoms with Crippen molar-refractivity contribution in [2.75, 3.05) is 18.5 Å². The first-order valence-electron chi connectivity index (χ1n) is 6.17. The Bertz CT molecular complexity index is 388. The van der Waals surface area contributed by atoms with E-state index in [-0.39, 0.29) is 6.04 Å². The molecule has 1 aromatic carbocycles. The lowest BCUT2D eigenvalue weighted by Crippen LogP contribution is -2.38. The maximum atomic E-state index is 11.5. The second-order valence-corrected chi connectivity index (χ2v) is 4.81. The molecule has 1 amide bonds. The van der Waals surface area contributed by atoms with Crippen molar-refractivity contribution < 1.29 is 9.53 Å². The average Bonchev–Trinajstić information content (AvgIpc) is 2.40. The highest BCUT2D eigenvalue weighted by molar-refractivity contribution is 6.30. The molecule has 0 bridgehead atoms. The van der Waals surface area contributed by atoms with E-state index in [0.29, 0.717) is 17.3 Å². The van der Waals surface area contributed by atoms with Gasteiger partial charge in [0.1, 0.15) is 6.61 Å². The Kier molecular flexibility index (Phi) is 4.84. The Labute approximate surface area is 112 Å². The zero-order valence-electron chi connectivity index (χ0n) is 10.1. The number of amides is 1. The lowest BCUT2D eigenvalue weighted by molar-refractivity contribution is 0.141. The minimum absolute atomic E-state index is 0.287. The van der Waals surface area contributed by atoms with Crippen molar-refractivity contribution in [3.63, 3.8) is 0 Å². The molecule has 1 aliphatic heterocycles. The van der Waals surface area contributed by atoms with Gasteiger partial charge >= 0.3 is 6.09 Å². The second kappa shape index (κ2) is 6.61. The number of carbonyl (C=O) groups is 1. The van der Waals surface area contributed by atoms with E-state index in [1.807, 2.05) is 0 Å². The summed E-state index contributed by atoms with van der Waals surface area (Å²) in [4.78, 5) is 11.5. The topological polar surface area (TPSA) is 50.4 Å². The molecule has 1 saturated heterocycles. The van der Waals surface area contributed by atoms with Gasteiger partial charge in [-0.15, -0.1) is 0 Å². The zero-order chi connectivity index (χ0) is 12.8. The normalized spacial score (nSPS) is 19.3. The summed E-state index contributed by atoms with van der Waals surface area (Å²) in [6.45, 7) is 1.42. The van der Waals surface area contributed by atoms with Crippen LogP contribution in [0.3, 0.4) is 0 Å². The van der Waals surface area contributed by atoms with Crippen molar-refractivity contribution in [2.24, 2.45) is 0 Å². The molecule has 18 heavy (non-hydrogen) atoms. The summed E-state index contributed by atoms with van der Waals surface area (Å²) in [6, 6.07) is 7.21. The Morgan fingerprint density at radius 3 is 2.83 bits per heavy atom. The van der Waals surface area contributed by atoms with Crippen molar-refractivity contribution in [3.05, 3.63) is 29.3 Å². The Balaban J connectivity index is 1.73. The molecule has 4 nitrogen and oxygen atoms in total. The van der Waals surface area contributed by atoms with E-state index in [1.54, 1.807) is 24.3 Å². The maximum Gasteiger partial charge on any atom is 0.411 e. The first kappa shape index (κ1) is 13.2. The fourth-order valence-electron chi connectivity index (χ4n) is 1.93. The summed E-state index contributed by atoms with van der Waals surface area (Å²) in [5, 5.41) is 6.62. The lowest BCUT2D eigenvalue weighted by Gasteiger charge is -2.22. The maximum absolute atomic E-state index is 11.5. The molecular weight excluding hydrogens is 252 g/mol. The van der Waals surface area contributed by atoms with Crippen LogP contribution in [-0.4, -0.2) is 25.3 Å². The number of nitrogens with one attached hydrogen (secondary N) is 2. The third-order valence-electron chi connectivity index (χ3n) is 2.92. The largest absolute Gasteiger partial charge is 0.448 e. The standard InChI is InChI=1S/C13H17ClN2O2/c14-10-4-6-11(7-5-10)16-13(17)18-9-12-3-1-2-8-15-12/h4-7,12,15H,1-3,8-9H2,(H,16,17). The number of hydrogen-bond acceptors (Lipinski definition) is 3. The Morgan fingerprint density at radius 2 is 2.17 bits per heavy atom. The van der Waals surface area contributed by atoms with E-state index >= 15 is 0 Å². The molecule has 0 spiro atoms. The molecule has 1 unspecified atom stereocenters. The van der Waals surface area contributed by atoms with Gasteiger partial charge < -0.3 is 10.1 Å². The number of ether oxygens (including phenoxy) is 1. The number of carbonyl (C=O) groups excluding carboxylic acids is 1. The van der Waals surface area contributed by atoms with Crippen molar-refractivity contribution in [2.45, 2.75) is 25.3 Å². The summed E-state index contributed by atoms with van der Waals surface area (Å²) in [5.74, 6) is 0. The number of rotatable bonds is 3. The van der Waals surface area contributed by atoms with Gasteiger partial charge in [-0.25, -0.2) is 4.79 Å². The summed E-state index contributed by atoms with van der Waals surface area (Å²) in [6.07, 6.45) is 3.03. The van der Waals surface area contributed by atoms with Crippen LogP contribution in [0, 0.1) is 0 Å². The first-order chi connectivity index (χ1) is 8.74. The second-order valence-electron chi connectivity index (χ2n) is 4.38. The van der Waals surface area contributed by atoms with Crippen molar-refractivity contribution in [1.29, 1.82) is 0 Å². The van der Waals surface area contributed by atoms with Gasteiger partial charge in [0, 0.05) is 16.8 Å². The minimum atomic E-state index is -0.426. The first-order valence-corrected chi connectivity index (χ1v) is 6.54. The fraction of sp³-hybridized carbons (Fsp3) is 0.462. The third-order valence-corrected chi connectivity index (χ3v) is 3.17. The highest BCUT2D eigenvalue weighted by Gasteiger charge is 2.14. The van der Waals surface area contributed by atoms with E-state index in [0.717, 1.165) is 13.0 Å². The number of benzene rings is 1. The molecule has 98 valence electrons. The van der Waals surface area contributed by atoms with Crippen LogP contribution in [0.25, 0.3) is 0 Å². The Morgan fingerprint density at radius 1 is 1.39 bits per heavy atom. The molecule has 1 atom stereocenters. The van der Waals surface area contributed by atoms with Gasteiger partial charge in [0.2, 0.25) is 0 Å². The molecule has 1 aromatic rings. The molecule has 1 heterocycles. The molecule has 0 aromatic heterocycles. The number of halogens is 1. The molecule has 0 aliphatic carbocycles. The van der Waals surface area contributed by atoms with Crippen molar-refractivity contribution >= 4 is 23.4 Å². The molecule has 2 N–H and O–H groups in total. The van der Waals surface area contributed by atoms with Gasteiger partial charge in [-0.1, -0.05) is 18.0 Å². The molecule has 1 fully saturated rings. The number of anilines is 1. The number of hydrogen-bond donors (Lipinski definition) is 2. The lowest BCUT2D eigenvalue weighted by atomic mass is 10.1. The van der Waals surface area contributed by atoms with Crippen LogP contribution in [0.4, 0.5) is 10.5 Å². The average molecular weight is 269 g/mol. The molecule has 0 radical (unpaired) electrons. The summed E-state index contributed by atoms with van der Waals surface area (Å²) in [7, 11) is 0. The summed E-state index contributed by atoms with van der Waals surface area (Å²) >= 11 is 5.76. The van der Waals surface area contributed by atoms with Gasteiger partial charge in [0.25, 0.3) is 0 Å². The third kappa shape index (κ3) is 4.20. The van der Waals surface area contributed by atoms with Gasteiger partial charge in [-0.05, 0) is 43.7 Å². The molecule has 5 heteroatoms. The van der Waals surface area contributed by atoms with E-state index < -0.39 is 6.09 Å². The SMILES string of the molecule is O=C(Nc1ccc(Cl)cc1)OCC1CCCCN1. The van der Waals surface area contributed by atoms with E-state index in [2.05, 4.69) is 10.6 Å². The van der Waals surface area contributed by atoms with Gasteiger partial charge in [0.05, 0.1) is 0 Å². The van der Waals surface area contributed by atoms with Gasteiger partial charge in [-0.2, -0.15) is 0 Å². The van der Waals surface area contributed by atoms with Crippen LogP contribution in [0.15, 0.2) is 24.3 Å². The Hall–Kier alpha value is -1.26. The van der Waals surface area contributed by atoms with Gasteiger partial charge in [-0.3, -0.25) is 5.32 Å². The molecule has 2 rings (SSSR count). The van der Waals surface area contributed by atoms with E-state index in [4.69, 9.17) is 16.3 Å². The summed E-state index contributed by atoms with van der Waals surface area (Å²) in [5.41, 5.74) is 0.681. The highest BCUT2D eigenvalue weighted by Crippen LogP contribution is 2.13. The van der Waals surface area contributed by atoms with Crippen molar-refractivity contribution in [1.82, 2.24) is 5.32 Å². The monoisotopic (exact) mass is 268 g/mol. The van der Waals surface area contributed by atoms with Crippen LogP contribution in [0.1, 0.15) is 19.3 Å². The quantitative estimate of drug-likeness (QED) is 0.886. The fourth-order valence-corrected chi connectivity index (χ4v) is 2.06. The van der Waals surface area contributed by atoms with Gasteiger partial charge in [0.15, 0.2) is 0 Å². The predicted octanol–water partition coefficient (Wildman–Crippen LogP) is 3.03. The highest BCUT2D eigenvalue weighted by atomic mass is 35.5. The van der Waals surface area contributed by atoms with Crippen LogP contribution in [0.5, 0.6) is 0 Å². The number of piperidine rings is 1. The van der Waals surface area contributed by atoms with Crippen LogP contribution >= 0.6 is 11.6 Å². The van der Waals surface area contributed by atoms with Crippen molar-refractivity contribution in [3.8, 4) is 0 Å².